The normalized spacial score (nSPS) is 11.6. The van der Waals surface area contributed by atoms with Gasteiger partial charge in [0, 0.05) is 10.7 Å². The smallest absolute Gasteiger partial charge is 0.338 e. The van der Waals surface area contributed by atoms with Crippen LogP contribution in [0, 0.1) is 5.92 Å². The van der Waals surface area contributed by atoms with Gasteiger partial charge in [0.15, 0.2) is 0 Å². The summed E-state index contributed by atoms with van der Waals surface area (Å²) in [6.07, 6.45) is 0.763. The second-order valence-electron chi connectivity index (χ2n) is 4.28. The van der Waals surface area contributed by atoms with Gasteiger partial charge in [-0.15, -0.1) is 0 Å². The molecule has 0 spiro atoms. The molecule has 0 atom stereocenters. The van der Waals surface area contributed by atoms with Gasteiger partial charge in [0.05, 0.1) is 17.1 Å². The number of hydrogen-bond donors (Lipinski definition) is 0. The Morgan fingerprint density at radius 1 is 1.39 bits per heavy atom. The first-order valence-electron chi connectivity index (χ1n) is 5.52. The molecule has 1 aromatic rings. The highest BCUT2D eigenvalue weighted by molar-refractivity contribution is 8.13. The molecule has 0 unspecified atom stereocenters. The third-order valence-electron chi connectivity index (χ3n) is 2.28. The second kappa shape index (κ2) is 6.20. The number of rotatable bonds is 5. The number of hydrogen-bond acceptors (Lipinski definition) is 4. The van der Waals surface area contributed by atoms with Gasteiger partial charge in [-0.05, 0) is 30.5 Å². The minimum Gasteiger partial charge on any atom is -0.462 e. The number of carbonyl (C=O) groups is 1. The first-order chi connectivity index (χ1) is 8.30. The molecule has 100 valence electrons. The lowest BCUT2D eigenvalue weighted by molar-refractivity contribution is 0.0488. The maximum Gasteiger partial charge on any atom is 0.338 e. The monoisotopic (exact) mass is 290 g/mol. The molecule has 4 nitrogen and oxygen atoms in total. The van der Waals surface area contributed by atoms with E-state index in [1.54, 1.807) is 0 Å². The molecule has 1 rings (SSSR count). The van der Waals surface area contributed by atoms with E-state index >= 15 is 0 Å². The van der Waals surface area contributed by atoms with Crippen LogP contribution in [0.5, 0.6) is 0 Å². The van der Waals surface area contributed by atoms with Crippen LogP contribution < -0.4 is 0 Å². The molecule has 0 aliphatic heterocycles. The third kappa shape index (κ3) is 4.66. The highest BCUT2D eigenvalue weighted by Gasteiger charge is 2.14. The summed E-state index contributed by atoms with van der Waals surface area (Å²) in [6.45, 7) is 4.36. The number of halogens is 1. The zero-order valence-electron chi connectivity index (χ0n) is 10.2. The minimum atomic E-state index is -3.83. The van der Waals surface area contributed by atoms with Crippen molar-refractivity contribution >= 4 is 25.7 Å². The number of ether oxygens (including phenoxy) is 1. The van der Waals surface area contributed by atoms with Crippen LogP contribution in [-0.2, 0) is 13.8 Å². The Kier molecular flexibility index (Phi) is 5.16. The van der Waals surface area contributed by atoms with Gasteiger partial charge in [-0.1, -0.05) is 19.9 Å². The Labute approximate surface area is 111 Å². The lowest BCUT2D eigenvalue weighted by Crippen LogP contribution is -2.08. The predicted octanol–water partition coefficient (Wildman–Crippen LogP) is 2.82. The lowest BCUT2D eigenvalue weighted by atomic mass is 10.1. The highest BCUT2D eigenvalue weighted by atomic mass is 35.7. The highest BCUT2D eigenvalue weighted by Crippen LogP contribution is 2.16. The minimum absolute atomic E-state index is 0.109. The molecular formula is C12H15ClO4S. The molecule has 0 heterocycles. The summed E-state index contributed by atoms with van der Waals surface area (Å²) in [7, 11) is 1.37. The van der Waals surface area contributed by atoms with Gasteiger partial charge < -0.3 is 4.74 Å². The maximum absolute atomic E-state index is 11.6. The molecule has 0 saturated heterocycles. The molecule has 6 heteroatoms. The van der Waals surface area contributed by atoms with Crippen molar-refractivity contribution in [1.29, 1.82) is 0 Å². The van der Waals surface area contributed by atoms with Gasteiger partial charge in [-0.25, -0.2) is 13.2 Å². The fourth-order valence-electron chi connectivity index (χ4n) is 1.25. The van der Waals surface area contributed by atoms with Gasteiger partial charge in [0.1, 0.15) is 0 Å². The quantitative estimate of drug-likeness (QED) is 0.618. The van der Waals surface area contributed by atoms with Crippen molar-refractivity contribution in [3.8, 4) is 0 Å². The van der Waals surface area contributed by atoms with E-state index in [1.165, 1.54) is 24.3 Å². The zero-order chi connectivity index (χ0) is 13.8. The van der Waals surface area contributed by atoms with Gasteiger partial charge in [-0.2, -0.15) is 0 Å². The molecule has 0 aliphatic rings. The Morgan fingerprint density at radius 2 is 2.06 bits per heavy atom. The van der Waals surface area contributed by atoms with E-state index in [-0.39, 0.29) is 10.5 Å². The maximum atomic E-state index is 11.6. The molecule has 0 N–H and O–H groups in total. The van der Waals surface area contributed by atoms with E-state index in [0.717, 1.165) is 6.42 Å². The van der Waals surface area contributed by atoms with Gasteiger partial charge >= 0.3 is 5.97 Å². The summed E-state index contributed by atoms with van der Waals surface area (Å²) in [4.78, 5) is 11.5. The third-order valence-corrected chi connectivity index (χ3v) is 3.63. The molecule has 0 saturated carbocycles. The average molecular weight is 291 g/mol. The topological polar surface area (TPSA) is 60.4 Å². The molecule has 0 aromatic heterocycles. The summed E-state index contributed by atoms with van der Waals surface area (Å²) in [6, 6.07) is 5.48. The van der Waals surface area contributed by atoms with E-state index in [0.29, 0.717) is 12.5 Å². The summed E-state index contributed by atoms with van der Waals surface area (Å²) < 4.78 is 27.3. The number of esters is 1. The Hall–Kier alpha value is -1.07. The Balaban J connectivity index is 2.75. The fourth-order valence-corrected chi connectivity index (χ4v) is 2.04. The predicted molar refractivity (Wildman–Crippen MR) is 69.2 cm³/mol. The summed E-state index contributed by atoms with van der Waals surface area (Å²) in [5.74, 6) is -0.106. The second-order valence-corrected chi connectivity index (χ2v) is 6.85. The molecule has 0 radical (unpaired) electrons. The van der Waals surface area contributed by atoms with Gasteiger partial charge in [-0.3, -0.25) is 0 Å². The van der Waals surface area contributed by atoms with E-state index in [9.17, 15) is 13.2 Å². The molecule has 0 amide bonds. The van der Waals surface area contributed by atoms with Crippen LogP contribution in [-0.4, -0.2) is 21.0 Å². The zero-order valence-corrected chi connectivity index (χ0v) is 11.8. The Bertz CT molecular complexity index is 523. The molecule has 0 bridgehead atoms. The van der Waals surface area contributed by atoms with E-state index in [2.05, 4.69) is 0 Å². The van der Waals surface area contributed by atoms with Gasteiger partial charge in [0.2, 0.25) is 0 Å². The van der Waals surface area contributed by atoms with Crippen molar-refractivity contribution in [2.45, 2.75) is 25.2 Å². The molecule has 0 aliphatic carbocycles. The molecule has 18 heavy (non-hydrogen) atoms. The van der Waals surface area contributed by atoms with E-state index in [4.69, 9.17) is 15.4 Å². The van der Waals surface area contributed by atoms with Crippen molar-refractivity contribution in [1.82, 2.24) is 0 Å². The lowest BCUT2D eigenvalue weighted by Gasteiger charge is -2.07. The molecule has 0 fully saturated rings. The summed E-state index contributed by atoms with van der Waals surface area (Å²) in [5.41, 5.74) is 0.181. The van der Waals surface area contributed by atoms with E-state index in [1.807, 2.05) is 13.8 Å². The van der Waals surface area contributed by atoms with Crippen LogP contribution >= 0.6 is 10.7 Å². The van der Waals surface area contributed by atoms with Crippen molar-refractivity contribution in [2.75, 3.05) is 6.61 Å². The number of benzene rings is 1. The fraction of sp³-hybridized carbons (Fsp3) is 0.417. The first kappa shape index (κ1) is 15.0. The van der Waals surface area contributed by atoms with Gasteiger partial charge in [0.25, 0.3) is 9.05 Å². The number of carbonyl (C=O) groups excluding carboxylic acids is 1. The van der Waals surface area contributed by atoms with Crippen molar-refractivity contribution in [3.63, 3.8) is 0 Å². The van der Waals surface area contributed by atoms with Crippen LogP contribution in [0.3, 0.4) is 0 Å². The molecule has 1 aromatic carbocycles. The van der Waals surface area contributed by atoms with Crippen molar-refractivity contribution in [2.24, 2.45) is 5.92 Å². The van der Waals surface area contributed by atoms with Crippen LogP contribution in [0.1, 0.15) is 30.6 Å². The van der Waals surface area contributed by atoms with E-state index < -0.39 is 15.0 Å². The summed E-state index contributed by atoms with van der Waals surface area (Å²) >= 11 is 0. The van der Waals surface area contributed by atoms with Crippen LogP contribution in [0.15, 0.2) is 29.2 Å². The standard InChI is InChI=1S/C12H15ClO4S/c1-9(2)6-7-17-12(14)10-4-3-5-11(8-10)18(13,15)16/h3-5,8-9H,6-7H2,1-2H3. The summed E-state index contributed by atoms with van der Waals surface area (Å²) in [5, 5.41) is 0. The first-order valence-corrected chi connectivity index (χ1v) is 7.83. The van der Waals surface area contributed by atoms with Crippen LogP contribution in [0.4, 0.5) is 0 Å². The van der Waals surface area contributed by atoms with Crippen LogP contribution in [0.25, 0.3) is 0 Å². The largest absolute Gasteiger partial charge is 0.462 e. The average Bonchev–Trinajstić information content (AvgIpc) is 2.27. The van der Waals surface area contributed by atoms with Crippen molar-refractivity contribution in [3.05, 3.63) is 29.8 Å². The SMILES string of the molecule is CC(C)CCOC(=O)c1cccc(S(=O)(=O)Cl)c1. The molecular weight excluding hydrogens is 276 g/mol. The van der Waals surface area contributed by atoms with Crippen LogP contribution in [0.2, 0.25) is 0 Å². The Morgan fingerprint density at radius 3 is 2.61 bits per heavy atom. The van der Waals surface area contributed by atoms with Crippen molar-refractivity contribution < 1.29 is 17.9 Å².